The van der Waals surface area contributed by atoms with E-state index in [0.717, 1.165) is 38.7 Å². The second kappa shape index (κ2) is 7.86. The van der Waals surface area contributed by atoms with Crippen molar-refractivity contribution < 1.29 is 9.47 Å². The van der Waals surface area contributed by atoms with Crippen LogP contribution in [0, 0.1) is 0 Å². The van der Waals surface area contributed by atoms with E-state index in [2.05, 4.69) is 21.9 Å². The molecule has 1 aliphatic heterocycles. The topological polar surface area (TPSA) is 108 Å². The molecule has 3 N–H and O–H groups in total. The lowest BCUT2D eigenvalue weighted by molar-refractivity contribution is 0.00883. The third-order valence-corrected chi connectivity index (χ3v) is 4.58. The highest BCUT2D eigenvalue weighted by atomic mass is 16.5. The zero-order valence-electron chi connectivity index (χ0n) is 15.0. The number of ether oxygens (including phenoxy) is 2. The summed E-state index contributed by atoms with van der Waals surface area (Å²) in [5, 5.41) is 0. The van der Waals surface area contributed by atoms with E-state index in [0.29, 0.717) is 17.7 Å². The first-order chi connectivity index (χ1) is 12.1. The van der Waals surface area contributed by atoms with Crippen LogP contribution in [0.25, 0.3) is 11.2 Å². The number of fused-ring (bicyclic) bond motifs is 1. The molecule has 25 heavy (non-hydrogen) atoms. The maximum Gasteiger partial charge on any atom is 0.327 e. The van der Waals surface area contributed by atoms with Crippen LogP contribution in [-0.4, -0.2) is 38.3 Å². The monoisotopic (exact) mass is 349 g/mol. The summed E-state index contributed by atoms with van der Waals surface area (Å²) in [7, 11) is 0. The molecule has 0 aromatic carbocycles. The summed E-state index contributed by atoms with van der Waals surface area (Å²) in [5.41, 5.74) is 6.71. The van der Waals surface area contributed by atoms with Gasteiger partial charge in [0.15, 0.2) is 11.5 Å². The van der Waals surface area contributed by atoms with Crippen molar-refractivity contribution >= 4 is 17.0 Å². The average molecular weight is 349 g/mol. The Labute approximate surface area is 146 Å². The van der Waals surface area contributed by atoms with Gasteiger partial charge < -0.3 is 20.2 Å². The number of nitrogens with one attached hydrogen (secondary N) is 1. The van der Waals surface area contributed by atoms with Crippen molar-refractivity contribution in [2.24, 2.45) is 0 Å². The van der Waals surface area contributed by atoms with E-state index in [1.807, 2.05) is 6.92 Å². The zero-order valence-corrected chi connectivity index (χ0v) is 15.0. The van der Waals surface area contributed by atoms with Gasteiger partial charge >= 0.3 is 11.7 Å². The number of nitrogen functional groups attached to an aromatic ring is 1. The van der Waals surface area contributed by atoms with Gasteiger partial charge in [0.25, 0.3) is 0 Å². The van der Waals surface area contributed by atoms with Crippen molar-refractivity contribution in [1.29, 1.82) is 0 Å². The highest BCUT2D eigenvalue weighted by molar-refractivity contribution is 5.81. The molecule has 1 saturated heterocycles. The summed E-state index contributed by atoms with van der Waals surface area (Å²) in [6.45, 7) is 5.40. The standard InChI is InChI=1S/C17H27N5O3/c1-3-6-11(2)25-16-20-14(18)13-15(21-16)22(17(23)19-13)9-8-12-7-4-5-10-24-12/h11-12H,3-10H2,1-2H3,(H,19,23)(H2,18,20,21). The third kappa shape index (κ3) is 4.12. The van der Waals surface area contributed by atoms with Crippen LogP contribution in [0.5, 0.6) is 6.01 Å². The number of rotatable bonds is 7. The van der Waals surface area contributed by atoms with E-state index in [-0.39, 0.29) is 29.7 Å². The van der Waals surface area contributed by atoms with Crippen molar-refractivity contribution in [2.75, 3.05) is 12.3 Å². The highest BCUT2D eigenvalue weighted by Gasteiger charge is 2.18. The van der Waals surface area contributed by atoms with Gasteiger partial charge in [-0.2, -0.15) is 9.97 Å². The molecular weight excluding hydrogens is 322 g/mol. The van der Waals surface area contributed by atoms with Crippen LogP contribution in [-0.2, 0) is 11.3 Å². The summed E-state index contributed by atoms with van der Waals surface area (Å²) in [6.07, 6.45) is 6.22. The maximum atomic E-state index is 12.3. The van der Waals surface area contributed by atoms with E-state index in [9.17, 15) is 4.79 Å². The van der Waals surface area contributed by atoms with E-state index in [1.54, 1.807) is 4.57 Å². The average Bonchev–Trinajstić information content (AvgIpc) is 2.90. The molecule has 0 aliphatic carbocycles. The Balaban J connectivity index is 1.82. The van der Waals surface area contributed by atoms with E-state index >= 15 is 0 Å². The number of aromatic amines is 1. The van der Waals surface area contributed by atoms with Crippen LogP contribution in [0.15, 0.2) is 4.79 Å². The Morgan fingerprint density at radius 3 is 3.00 bits per heavy atom. The Hall–Kier alpha value is -2.09. The van der Waals surface area contributed by atoms with Crippen molar-refractivity contribution in [1.82, 2.24) is 19.5 Å². The third-order valence-electron chi connectivity index (χ3n) is 4.58. The second-order valence-corrected chi connectivity index (χ2v) is 6.67. The molecule has 0 spiro atoms. The fourth-order valence-corrected chi connectivity index (χ4v) is 3.24. The quantitative estimate of drug-likeness (QED) is 0.793. The molecule has 2 aromatic heterocycles. The maximum absolute atomic E-state index is 12.3. The molecule has 3 heterocycles. The van der Waals surface area contributed by atoms with Crippen molar-refractivity contribution in [2.45, 2.75) is 71.1 Å². The Kier molecular flexibility index (Phi) is 5.57. The minimum atomic E-state index is -0.231. The molecule has 0 amide bonds. The van der Waals surface area contributed by atoms with Crippen LogP contribution in [0.1, 0.15) is 52.4 Å². The number of hydrogen-bond donors (Lipinski definition) is 2. The molecule has 8 heteroatoms. The largest absolute Gasteiger partial charge is 0.460 e. The Morgan fingerprint density at radius 1 is 1.44 bits per heavy atom. The van der Waals surface area contributed by atoms with Crippen molar-refractivity contribution in [3.8, 4) is 6.01 Å². The SMILES string of the molecule is CCCC(C)Oc1nc(N)c2[nH]c(=O)n(CCC3CCCCO3)c2n1. The summed E-state index contributed by atoms with van der Waals surface area (Å²) in [4.78, 5) is 23.6. The first-order valence-corrected chi connectivity index (χ1v) is 9.12. The minimum Gasteiger partial charge on any atom is -0.460 e. The fraction of sp³-hybridized carbons (Fsp3) is 0.706. The Bertz CT molecular complexity index is 763. The first-order valence-electron chi connectivity index (χ1n) is 9.12. The lowest BCUT2D eigenvalue weighted by atomic mass is 10.1. The fourth-order valence-electron chi connectivity index (χ4n) is 3.24. The number of H-pyrrole nitrogens is 1. The molecule has 1 aliphatic rings. The van der Waals surface area contributed by atoms with Gasteiger partial charge in [-0.25, -0.2) is 4.79 Å². The predicted octanol–water partition coefficient (Wildman–Crippen LogP) is 2.23. The molecule has 1 fully saturated rings. The number of aryl methyl sites for hydroxylation is 1. The number of aromatic nitrogens is 4. The molecule has 0 radical (unpaired) electrons. The van der Waals surface area contributed by atoms with Crippen LogP contribution in [0.2, 0.25) is 0 Å². The summed E-state index contributed by atoms with van der Waals surface area (Å²) in [6, 6.07) is 0.215. The van der Waals surface area contributed by atoms with Gasteiger partial charge in [-0.15, -0.1) is 0 Å². The predicted molar refractivity (Wildman–Crippen MR) is 95.8 cm³/mol. The summed E-state index contributed by atoms with van der Waals surface area (Å²) < 4.78 is 13.1. The number of hydrogen-bond acceptors (Lipinski definition) is 6. The van der Waals surface area contributed by atoms with E-state index in [4.69, 9.17) is 15.2 Å². The van der Waals surface area contributed by atoms with Crippen molar-refractivity contribution in [3.63, 3.8) is 0 Å². The second-order valence-electron chi connectivity index (χ2n) is 6.67. The highest BCUT2D eigenvalue weighted by Crippen LogP contribution is 2.21. The van der Waals surface area contributed by atoms with Gasteiger partial charge in [0.2, 0.25) is 0 Å². The zero-order chi connectivity index (χ0) is 17.8. The smallest absolute Gasteiger partial charge is 0.327 e. The van der Waals surface area contributed by atoms with E-state index < -0.39 is 0 Å². The first kappa shape index (κ1) is 17.7. The van der Waals surface area contributed by atoms with Crippen molar-refractivity contribution in [3.05, 3.63) is 10.5 Å². The van der Waals surface area contributed by atoms with Gasteiger partial charge in [-0.3, -0.25) is 4.57 Å². The molecule has 0 saturated carbocycles. The molecule has 8 nitrogen and oxygen atoms in total. The number of imidazole rings is 1. The van der Waals surface area contributed by atoms with Gasteiger partial charge in [-0.05, 0) is 39.0 Å². The lowest BCUT2D eigenvalue weighted by Crippen LogP contribution is -2.24. The van der Waals surface area contributed by atoms with E-state index in [1.165, 1.54) is 6.42 Å². The van der Waals surface area contributed by atoms with Crippen LogP contribution < -0.4 is 16.2 Å². The molecule has 0 bridgehead atoms. The van der Waals surface area contributed by atoms with Gasteiger partial charge in [-0.1, -0.05) is 13.3 Å². The molecule has 2 aromatic rings. The Morgan fingerprint density at radius 2 is 2.28 bits per heavy atom. The summed E-state index contributed by atoms with van der Waals surface area (Å²) in [5.74, 6) is 0.230. The molecular formula is C17H27N5O3. The molecule has 2 atom stereocenters. The lowest BCUT2D eigenvalue weighted by Gasteiger charge is -2.22. The number of nitrogens with two attached hydrogens (primary N) is 1. The number of nitrogens with zero attached hydrogens (tertiary/aromatic N) is 3. The minimum absolute atomic E-state index is 0.00315. The van der Waals surface area contributed by atoms with Gasteiger partial charge in [0.05, 0.1) is 12.2 Å². The number of anilines is 1. The van der Waals surface area contributed by atoms with Gasteiger partial charge in [0.1, 0.15) is 5.52 Å². The van der Waals surface area contributed by atoms with Crippen LogP contribution >= 0.6 is 0 Å². The van der Waals surface area contributed by atoms with Crippen LogP contribution in [0.3, 0.4) is 0 Å². The summed E-state index contributed by atoms with van der Waals surface area (Å²) >= 11 is 0. The molecule has 3 rings (SSSR count). The molecule has 138 valence electrons. The van der Waals surface area contributed by atoms with Crippen LogP contribution in [0.4, 0.5) is 5.82 Å². The normalized spacial score (nSPS) is 19.2. The molecule has 2 unspecified atom stereocenters. The van der Waals surface area contributed by atoms with Gasteiger partial charge in [0, 0.05) is 13.2 Å².